The highest BCUT2D eigenvalue weighted by Crippen LogP contribution is 2.38. The molecule has 27 heavy (non-hydrogen) atoms. The second kappa shape index (κ2) is 10.9. The molecule has 0 radical (unpaired) electrons. The van der Waals surface area contributed by atoms with Crippen LogP contribution in [0.4, 0.5) is 8.78 Å². The summed E-state index contributed by atoms with van der Waals surface area (Å²) < 4.78 is 26.3. The summed E-state index contributed by atoms with van der Waals surface area (Å²) in [5.74, 6) is -3.01. The summed E-state index contributed by atoms with van der Waals surface area (Å²) in [6.07, 6.45) is 15.9. The molecular formula is C24H36F2O. The van der Waals surface area contributed by atoms with E-state index in [1.807, 2.05) is 12.1 Å². The molecule has 0 heterocycles. The number of rotatable bonds is 11. The lowest BCUT2D eigenvalue weighted by molar-refractivity contribution is 0.0221. The van der Waals surface area contributed by atoms with Gasteiger partial charge in [-0.25, -0.2) is 0 Å². The van der Waals surface area contributed by atoms with Crippen LogP contribution in [0.15, 0.2) is 24.3 Å². The standard InChI is InChI=1S/C24H36F2O/c1-3-4-5-6-7-8-9-10-19-11-13-20(14-12-19)21-15-17-22(18-16-21)23(27)24(2,25)26/h15-20H,3-14H2,1-2H3. The van der Waals surface area contributed by atoms with Crippen molar-refractivity contribution >= 4 is 5.78 Å². The molecular weight excluding hydrogens is 342 g/mol. The highest BCUT2D eigenvalue weighted by molar-refractivity contribution is 6.01. The number of carbonyl (C=O) groups is 1. The molecule has 0 saturated heterocycles. The van der Waals surface area contributed by atoms with E-state index in [9.17, 15) is 13.6 Å². The first-order valence-electron chi connectivity index (χ1n) is 10.9. The van der Waals surface area contributed by atoms with Crippen molar-refractivity contribution in [3.05, 3.63) is 35.4 Å². The number of ketones is 1. The van der Waals surface area contributed by atoms with E-state index in [0.717, 1.165) is 5.92 Å². The minimum absolute atomic E-state index is 0.110. The zero-order valence-electron chi connectivity index (χ0n) is 17.1. The molecule has 1 nitrogen and oxygen atoms in total. The molecule has 0 N–H and O–H groups in total. The van der Waals surface area contributed by atoms with Crippen LogP contribution >= 0.6 is 0 Å². The van der Waals surface area contributed by atoms with Crippen molar-refractivity contribution in [2.75, 3.05) is 0 Å². The van der Waals surface area contributed by atoms with Gasteiger partial charge in [-0.15, -0.1) is 0 Å². The molecule has 0 spiro atoms. The van der Waals surface area contributed by atoms with Crippen molar-refractivity contribution in [3.8, 4) is 0 Å². The Kier molecular flexibility index (Phi) is 8.92. The van der Waals surface area contributed by atoms with Crippen LogP contribution in [0, 0.1) is 5.92 Å². The number of unbranched alkanes of at least 4 members (excludes halogenated alkanes) is 6. The number of alkyl halides is 2. The first-order chi connectivity index (χ1) is 12.9. The van der Waals surface area contributed by atoms with Crippen molar-refractivity contribution < 1.29 is 13.6 Å². The van der Waals surface area contributed by atoms with Gasteiger partial charge in [-0.05, 0) is 43.1 Å². The molecule has 152 valence electrons. The Labute approximate surface area is 163 Å². The van der Waals surface area contributed by atoms with E-state index in [0.29, 0.717) is 12.8 Å². The summed E-state index contributed by atoms with van der Waals surface area (Å²) in [6.45, 7) is 2.92. The van der Waals surface area contributed by atoms with Gasteiger partial charge in [0.15, 0.2) is 0 Å². The Hall–Kier alpha value is -1.25. The molecule has 0 amide bonds. The van der Waals surface area contributed by atoms with Gasteiger partial charge in [0.2, 0.25) is 5.78 Å². The van der Waals surface area contributed by atoms with Gasteiger partial charge in [0.05, 0.1) is 0 Å². The summed E-state index contributed by atoms with van der Waals surface area (Å²) in [5, 5.41) is 0. The van der Waals surface area contributed by atoms with Crippen molar-refractivity contribution in [3.63, 3.8) is 0 Å². The van der Waals surface area contributed by atoms with Crippen LogP contribution < -0.4 is 0 Å². The maximum atomic E-state index is 13.2. The lowest BCUT2D eigenvalue weighted by atomic mass is 9.77. The molecule has 0 bridgehead atoms. The van der Waals surface area contributed by atoms with Crippen molar-refractivity contribution in [2.24, 2.45) is 5.92 Å². The van der Waals surface area contributed by atoms with Crippen molar-refractivity contribution in [2.45, 2.75) is 103 Å². The monoisotopic (exact) mass is 378 g/mol. The van der Waals surface area contributed by atoms with E-state index in [1.54, 1.807) is 12.1 Å². The maximum absolute atomic E-state index is 13.2. The molecule has 0 aliphatic heterocycles. The molecule has 3 heteroatoms. The third-order valence-electron chi connectivity index (χ3n) is 6.11. The van der Waals surface area contributed by atoms with E-state index in [-0.39, 0.29) is 5.56 Å². The second-order valence-corrected chi connectivity index (χ2v) is 8.47. The van der Waals surface area contributed by atoms with Crippen LogP contribution in [0.25, 0.3) is 0 Å². The molecule has 2 rings (SSSR count). The molecule has 1 aromatic carbocycles. The highest BCUT2D eigenvalue weighted by atomic mass is 19.3. The normalized spacial score (nSPS) is 20.6. The topological polar surface area (TPSA) is 17.1 Å². The number of hydrogen-bond acceptors (Lipinski definition) is 1. The maximum Gasteiger partial charge on any atom is 0.307 e. The van der Waals surface area contributed by atoms with Gasteiger partial charge in [-0.2, -0.15) is 8.78 Å². The quantitative estimate of drug-likeness (QED) is 0.282. The third kappa shape index (κ3) is 7.35. The van der Waals surface area contributed by atoms with Crippen LogP contribution in [0.3, 0.4) is 0 Å². The summed E-state index contributed by atoms with van der Waals surface area (Å²) in [7, 11) is 0. The summed E-state index contributed by atoms with van der Waals surface area (Å²) in [4.78, 5) is 11.6. The molecule has 1 aliphatic rings. The van der Waals surface area contributed by atoms with E-state index in [1.165, 1.54) is 82.6 Å². The first-order valence-corrected chi connectivity index (χ1v) is 10.9. The van der Waals surface area contributed by atoms with Crippen LogP contribution in [-0.4, -0.2) is 11.7 Å². The Morgan fingerprint density at radius 2 is 1.48 bits per heavy atom. The Balaban J connectivity index is 1.69. The van der Waals surface area contributed by atoms with Gasteiger partial charge < -0.3 is 0 Å². The minimum Gasteiger partial charge on any atom is -0.287 e. The summed E-state index contributed by atoms with van der Waals surface area (Å²) in [6, 6.07) is 6.89. The van der Waals surface area contributed by atoms with Gasteiger partial charge in [-0.1, -0.05) is 82.6 Å². The average Bonchev–Trinajstić information content (AvgIpc) is 2.67. The summed E-state index contributed by atoms with van der Waals surface area (Å²) >= 11 is 0. The Bertz CT molecular complexity index is 551. The Morgan fingerprint density at radius 1 is 0.926 bits per heavy atom. The lowest BCUT2D eigenvalue weighted by Crippen LogP contribution is -2.24. The molecule has 1 saturated carbocycles. The molecule has 1 fully saturated rings. The highest BCUT2D eigenvalue weighted by Gasteiger charge is 2.33. The molecule has 0 atom stereocenters. The Morgan fingerprint density at radius 3 is 2.04 bits per heavy atom. The predicted octanol–water partition coefficient (Wildman–Crippen LogP) is 7.94. The zero-order chi connectivity index (χ0) is 19.7. The zero-order valence-corrected chi connectivity index (χ0v) is 17.1. The third-order valence-corrected chi connectivity index (χ3v) is 6.11. The van der Waals surface area contributed by atoms with E-state index in [2.05, 4.69) is 6.92 Å². The molecule has 0 aromatic heterocycles. The van der Waals surface area contributed by atoms with Gasteiger partial charge in [-0.3, -0.25) is 4.79 Å². The van der Waals surface area contributed by atoms with Crippen molar-refractivity contribution in [1.29, 1.82) is 0 Å². The average molecular weight is 379 g/mol. The number of hydrogen-bond donors (Lipinski definition) is 0. The van der Waals surface area contributed by atoms with Gasteiger partial charge in [0, 0.05) is 12.5 Å². The fraction of sp³-hybridized carbons (Fsp3) is 0.708. The molecule has 0 unspecified atom stereocenters. The van der Waals surface area contributed by atoms with Gasteiger partial charge >= 0.3 is 5.92 Å². The van der Waals surface area contributed by atoms with Crippen molar-refractivity contribution in [1.82, 2.24) is 0 Å². The SMILES string of the molecule is CCCCCCCCCC1CCC(c2ccc(C(=O)C(C)(F)F)cc2)CC1. The summed E-state index contributed by atoms with van der Waals surface area (Å²) in [5.41, 5.74) is 1.30. The lowest BCUT2D eigenvalue weighted by Gasteiger charge is -2.29. The second-order valence-electron chi connectivity index (χ2n) is 8.47. The van der Waals surface area contributed by atoms with Crippen LogP contribution in [0.5, 0.6) is 0 Å². The minimum atomic E-state index is -3.30. The van der Waals surface area contributed by atoms with Gasteiger partial charge in [0.25, 0.3) is 0 Å². The van der Waals surface area contributed by atoms with Crippen LogP contribution in [0.2, 0.25) is 0 Å². The fourth-order valence-corrected chi connectivity index (χ4v) is 4.33. The van der Waals surface area contributed by atoms with Crippen LogP contribution in [0.1, 0.15) is 113 Å². The van der Waals surface area contributed by atoms with E-state index < -0.39 is 11.7 Å². The number of benzene rings is 1. The van der Waals surface area contributed by atoms with E-state index >= 15 is 0 Å². The fourth-order valence-electron chi connectivity index (χ4n) is 4.33. The van der Waals surface area contributed by atoms with Gasteiger partial charge in [0.1, 0.15) is 0 Å². The predicted molar refractivity (Wildman–Crippen MR) is 109 cm³/mol. The van der Waals surface area contributed by atoms with E-state index in [4.69, 9.17) is 0 Å². The first kappa shape index (κ1) is 22.0. The molecule has 1 aliphatic carbocycles. The molecule has 1 aromatic rings. The number of halogens is 2. The smallest absolute Gasteiger partial charge is 0.287 e. The largest absolute Gasteiger partial charge is 0.307 e. The number of carbonyl (C=O) groups excluding carboxylic acids is 1. The van der Waals surface area contributed by atoms with Crippen LogP contribution in [-0.2, 0) is 0 Å². The number of Topliss-reactive ketones (excluding diaryl/α,β-unsaturated/α-hetero) is 1.